The van der Waals surface area contributed by atoms with Gasteiger partial charge in [-0.05, 0) is 46.4 Å². The molecule has 0 bridgehead atoms. The Labute approximate surface area is 119 Å². The lowest BCUT2D eigenvalue weighted by Gasteiger charge is -2.15. The van der Waals surface area contributed by atoms with Gasteiger partial charge >= 0.3 is 0 Å². The van der Waals surface area contributed by atoms with Crippen LogP contribution in [0.5, 0.6) is 5.88 Å². The minimum absolute atomic E-state index is 0.301. The van der Waals surface area contributed by atoms with Crippen molar-refractivity contribution >= 4 is 27.3 Å². The van der Waals surface area contributed by atoms with Crippen molar-refractivity contribution in [3.8, 4) is 5.88 Å². The van der Waals surface area contributed by atoms with E-state index in [1.54, 1.807) is 18.4 Å². The van der Waals surface area contributed by atoms with Crippen LogP contribution in [0.2, 0.25) is 0 Å². The fraction of sp³-hybridized carbons (Fsp3) is 0.308. The molecule has 0 radical (unpaired) electrons. The standard InChI is InChI=1S/C13H15BrN2OS/c1-15-11(13-10(14)5-6-18-13)7-9-3-4-12(17-2)16-8-9/h3-6,8,11,15H,7H2,1-2H3. The van der Waals surface area contributed by atoms with Gasteiger partial charge in [-0.15, -0.1) is 11.3 Å². The molecule has 0 fully saturated rings. The topological polar surface area (TPSA) is 34.1 Å². The van der Waals surface area contributed by atoms with Crippen molar-refractivity contribution in [2.24, 2.45) is 0 Å². The summed E-state index contributed by atoms with van der Waals surface area (Å²) in [6.07, 6.45) is 2.78. The van der Waals surface area contributed by atoms with Gasteiger partial charge in [0.05, 0.1) is 7.11 Å². The zero-order valence-corrected chi connectivity index (χ0v) is 12.7. The molecule has 0 aliphatic heterocycles. The van der Waals surface area contributed by atoms with Crippen LogP contribution >= 0.6 is 27.3 Å². The molecule has 0 aliphatic rings. The zero-order valence-electron chi connectivity index (χ0n) is 10.3. The maximum Gasteiger partial charge on any atom is 0.212 e. The molecule has 18 heavy (non-hydrogen) atoms. The summed E-state index contributed by atoms with van der Waals surface area (Å²) in [5.74, 6) is 0.650. The molecule has 0 aromatic carbocycles. The van der Waals surface area contributed by atoms with E-state index in [9.17, 15) is 0 Å². The first-order chi connectivity index (χ1) is 8.74. The second-order valence-electron chi connectivity index (χ2n) is 3.89. The molecule has 2 aromatic heterocycles. The minimum atomic E-state index is 0.301. The minimum Gasteiger partial charge on any atom is -0.481 e. The number of methoxy groups -OCH3 is 1. The fourth-order valence-electron chi connectivity index (χ4n) is 1.77. The van der Waals surface area contributed by atoms with Crippen LogP contribution in [0.15, 0.2) is 34.2 Å². The second-order valence-corrected chi connectivity index (χ2v) is 5.69. The molecule has 0 aliphatic carbocycles. The number of hydrogen-bond donors (Lipinski definition) is 1. The van der Waals surface area contributed by atoms with Crippen LogP contribution in [0.1, 0.15) is 16.5 Å². The first-order valence-electron chi connectivity index (χ1n) is 5.63. The number of aromatic nitrogens is 1. The third kappa shape index (κ3) is 3.10. The molecule has 0 amide bonds. The van der Waals surface area contributed by atoms with Gasteiger partial charge in [0.15, 0.2) is 0 Å². The van der Waals surface area contributed by atoms with Crippen molar-refractivity contribution in [2.45, 2.75) is 12.5 Å². The van der Waals surface area contributed by atoms with Crippen molar-refractivity contribution in [2.75, 3.05) is 14.2 Å². The summed E-state index contributed by atoms with van der Waals surface area (Å²) in [7, 11) is 3.61. The van der Waals surface area contributed by atoms with Crippen LogP contribution in [0, 0.1) is 0 Å². The van der Waals surface area contributed by atoms with E-state index in [0.29, 0.717) is 11.9 Å². The van der Waals surface area contributed by atoms with E-state index in [4.69, 9.17) is 4.74 Å². The molecule has 0 saturated carbocycles. The van der Waals surface area contributed by atoms with E-state index in [1.165, 1.54) is 10.4 Å². The van der Waals surface area contributed by atoms with Gasteiger partial charge in [-0.1, -0.05) is 6.07 Å². The van der Waals surface area contributed by atoms with Gasteiger partial charge in [0.2, 0.25) is 5.88 Å². The number of pyridine rings is 1. The Kier molecular flexibility index (Phi) is 4.74. The van der Waals surface area contributed by atoms with E-state index < -0.39 is 0 Å². The predicted molar refractivity (Wildman–Crippen MR) is 78.3 cm³/mol. The molecule has 1 N–H and O–H groups in total. The maximum atomic E-state index is 5.06. The quantitative estimate of drug-likeness (QED) is 0.914. The van der Waals surface area contributed by atoms with Crippen LogP contribution in [0.4, 0.5) is 0 Å². The lowest BCUT2D eigenvalue weighted by Crippen LogP contribution is -2.18. The summed E-state index contributed by atoms with van der Waals surface area (Å²) in [5, 5.41) is 5.44. The highest BCUT2D eigenvalue weighted by Crippen LogP contribution is 2.30. The van der Waals surface area contributed by atoms with Crippen LogP contribution in [-0.2, 0) is 6.42 Å². The number of nitrogens with one attached hydrogen (secondary N) is 1. The van der Waals surface area contributed by atoms with Crippen LogP contribution in [0.3, 0.4) is 0 Å². The highest BCUT2D eigenvalue weighted by molar-refractivity contribution is 9.10. The van der Waals surface area contributed by atoms with Gasteiger partial charge in [0, 0.05) is 27.7 Å². The number of rotatable bonds is 5. The Hall–Kier alpha value is -0.910. The highest BCUT2D eigenvalue weighted by Gasteiger charge is 2.14. The lowest BCUT2D eigenvalue weighted by atomic mass is 10.1. The molecule has 2 rings (SSSR count). The largest absolute Gasteiger partial charge is 0.481 e. The molecule has 2 aromatic rings. The van der Waals surface area contributed by atoms with Crippen molar-refractivity contribution in [1.82, 2.24) is 10.3 Å². The maximum absolute atomic E-state index is 5.06. The number of halogens is 1. The number of ether oxygens (including phenoxy) is 1. The van der Waals surface area contributed by atoms with Crippen molar-refractivity contribution in [3.63, 3.8) is 0 Å². The van der Waals surface area contributed by atoms with Gasteiger partial charge in [-0.2, -0.15) is 0 Å². The Bertz CT molecular complexity index is 498. The van der Waals surface area contributed by atoms with Crippen LogP contribution in [-0.4, -0.2) is 19.1 Å². The summed E-state index contributed by atoms with van der Waals surface area (Å²) in [6.45, 7) is 0. The van der Waals surface area contributed by atoms with Gasteiger partial charge in [-0.3, -0.25) is 0 Å². The van der Waals surface area contributed by atoms with E-state index in [0.717, 1.165) is 10.9 Å². The summed E-state index contributed by atoms with van der Waals surface area (Å²) in [4.78, 5) is 5.54. The van der Waals surface area contributed by atoms with E-state index in [-0.39, 0.29) is 0 Å². The Balaban J connectivity index is 2.13. The highest BCUT2D eigenvalue weighted by atomic mass is 79.9. The SMILES string of the molecule is CNC(Cc1ccc(OC)nc1)c1sccc1Br. The Morgan fingerprint density at radius 3 is 2.78 bits per heavy atom. The number of nitrogens with zero attached hydrogens (tertiary/aromatic N) is 1. The van der Waals surface area contributed by atoms with Crippen LogP contribution in [0.25, 0.3) is 0 Å². The van der Waals surface area contributed by atoms with E-state index in [1.807, 2.05) is 19.3 Å². The first-order valence-corrected chi connectivity index (χ1v) is 7.31. The molecular weight excluding hydrogens is 312 g/mol. The second kappa shape index (κ2) is 6.31. The van der Waals surface area contributed by atoms with Gasteiger partial charge in [-0.25, -0.2) is 4.98 Å². The van der Waals surface area contributed by atoms with Crippen molar-refractivity contribution in [3.05, 3.63) is 44.7 Å². The smallest absolute Gasteiger partial charge is 0.212 e. The average Bonchev–Trinajstić information content (AvgIpc) is 2.83. The summed E-state index contributed by atoms with van der Waals surface area (Å²) in [6, 6.07) is 6.33. The molecule has 0 saturated heterocycles. The van der Waals surface area contributed by atoms with E-state index in [2.05, 4.69) is 43.7 Å². The summed E-state index contributed by atoms with van der Waals surface area (Å²) in [5.41, 5.74) is 1.19. The van der Waals surface area contributed by atoms with Gasteiger partial charge in [0.1, 0.15) is 0 Å². The predicted octanol–water partition coefficient (Wildman–Crippen LogP) is 3.42. The van der Waals surface area contributed by atoms with Gasteiger partial charge < -0.3 is 10.1 Å². The molecule has 1 atom stereocenters. The molecule has 96 valence electrons. The Morgan fingerprint density at radius 2 is 2.28 bits per heavy atom. The number of thiophene rings is 1. The third-order valence-corrected chi connectivity index (χ3v) is 4.74. The normalized spacial score (nSPS) is 12.4. The summed E-state index contributed by atoms with van der Waals surface area (Å²) >= 11 is 5.33. The lowest BCUT2D eigenvalue weighted by molar-refractivity contribution is 0.397. The van der Waals surface area contributed by atoms with E-state index >= 15 is 0 Å². The fourth-order valence-corrected chi connectivity index (χ4v) is 3.53. The van der Waals surface area contributed by atoms with Crippen LogP contribution < -0.4 is 10.1 Å². The molecular formula is C13H15BrN2OS. The first kappa shape index (κ1) is 13.5. The monoisotopic (exact) mass is 326 g/mol. The summed E-state index contributed by atoms with van der Waals surface area (Å²) < 4.78 is 6.22. The third-order valence-electron chi connectivity index (χ3n) is 2.76. The van der Waals surface area contributed by atoms with Crippen molar-refractivity contribution in [1.29, 1.82) is 0 Å². The molecule has 0 spiro atoms. The Morgan fingerprint density at radius 1 is 1.44 bits per heavy atom. The zero-order chi connectivity index (χ0) is 13.0. The molecule has 3 nitrogen and oxygen atoms in total. The number of likely N-dealkylation sites (N-methyl/N-ethyl adjacent to an activating group) is 1. The molecule has 5 heteroatoms. The van der Waals surface area contributed by atoms with Crippen molar-refractivity contribution < 1.29 is 4.74 Å². The molecule has 2 heterocycles. The average molecular weight is 327 g/mol. The molecule has 1 unspecified atom stereocenters. The number of hydrogen-bond acceptors (Lipinski definition) is 4. The van der Waals surface area contributed by atoms with Gasteiger partial charge in [0.25, 0.3) is 0 Å².